The zero-order valence-electron chi connectivity index (χ0n) is 11.5. The summed E-state index contributed by atoms with van der Waals surface area (Å²) in [5.41, 5.74) is -0.0574. The number of aliphatic hydroxyl groups is 1. The number of hydrogen-bond acceptors (Lipinski definition) is 4. The van der Waals surface area contributed by atoms with Crippen molar-refractivity contribution in [2.24, 2.45) is 0 Å². The zero-order valence-corrected chi connectivity index (χ0v) is 11.5. The Bertz CT molecular complexity index is 446. The second-order valence-electron chi connectivity index (χ2n) is 5.07. The summed E-state index contributed by atoms with van der Waals surface area (Å²) >= 11 is 0. The van der Waals surface area contributed by atoms with E-state index in [-0.39, 0.29) is 6.10 Å². The first kappa shape index (κ1) is 14.7. The van der Waals surface area contributed by atoms with E-state index in [2.05, 4.69) is 0 Å². The fraction of sp³-hybridized carbons (Fsp3) is 0.533. The monoisotopic (exact) mass is 280 g/mol. The van der Waals surface area contributed by atoms with Crippen LogP contribution in [0, 0.1) is 0 Å². The molecule has 0 bridgehead atoms. The summed E-state index contributed by atoms with van der Waals surface area (Å²) in [5.74, 6) is 0.780. The molecule has 0 amide bonds. The fourth-order valence-electron chi connectivity index (χ4n) is 2.65. The van der Waals surface area contributed by atoms with E-state index < -0.39 is 11.8 Å². The molecule has 1 aliphatic rings. The van der Waals surface area contributed by atoms with E-state index in [9.17, 15) is 9.90 Å². The van der Waals surface area contributed by atoms with Gasteiger partial charge in [0.2, 0.25) is 0 Å². The van der Waals surface area contributed by atoms with Crippen LogP contribution in [0.25, 0.3) is 0 Å². The molecule has 5 heteroatoms. The minimum atomic E-state index is -1.25. The second kappa shape index (κ2) is 6.13. The number of rotatable bonds is 4. The molecule has 110 valence electrons. The highest BCUT2D eigenvalue weighted by molar-refractivity contribution is 5.57. The van der Waals surface area contributed by atoms with Crippen molar-refractivity contribution < 1.29 is 24.5 Å². The molecule has 1 aromatic rings. The minimum Gasteiger partial charge on any atom is -0.494 e. The maximum Gasteiger partial charge on any atom is 0.506 e. The van der Waals surface area contributed by atoms with Gasteiger partial charge in [-0.15, -0.1) is 0 Å². The van der Waals surface area contributed by atoms with Crippen molar-refractivity contribution in [3.63, 3.8) is 0 Å². The van der Waals surface area contributed by atoms with Crippen molar-refractivity contribution in [1.82, 2.24) is 0 Å². The Morgan fingerprint density at radius 1 is 1.30 bits per heavy atom. The number of benzene rings is 1. The summed E-state index contributed by atoms with van der Waals surface area (Å²) in [6, 6.07) is 7.42. The van der Waals surface area contributed by atoms with Crippen LogP contribution in [0.3, 0.4) is 0 Å². The Hall–Kier alpha value is -1.75. The lowest BCUT2D eigenvalue weighted by molar-refractivity contribution is -0.0481. The maximum atomic E-state index is 10.7. The van der Waals surface area contributed by atoms with Crippen LogP contribution in [0.4, 0.5) is 4.79 Å². The van der Waals surface area contributed by atoms with Crippen molar-refractivity contribution in [2.45, 2.75) is 44.3 Å². The van der Waals surface area contributed by atoms with Crippen molar-refractivity contribution >= 4 is 6.16 Å². The van der Waals surface area contributed by atoms with E-state index in [1.165, 1.54) is 0 Å². The largest absolute Gasteiger partial charge is 0.506 e. The van der Waals surface area contributed by atoms with Gasteiger partial charge in [0.15, 0.2) is 0 Å². The third-order valence-electron chi connectivity index (χ3n) is 3.73. The molecule has 2 rings (SSSR count). The zero-order chi connectivity index (χ0) is 14.6. The first-order valence-electron chi connectivity index (χ1n) is 6.89. The van der Waals surface area contributed by atoms with Gasteiger partial charge in [-0.05, 0) is 50.3 Å². The Morgan fingerprint density at radius 2 is 1.90 bits per heavy atom. The van der Waals surface area contributed by atoms with Crippen LogP contribution in [0.2, 0.25) is 0 Å². The average molecular weight is 280 g/mol. The van der Waals surface area contributed by atoms with Crippen LogP contribution in [-0.4, -0.2) is 29.1 Å². The van der Waals surface area contributed by atoms with Crippen LogP contribution >= 0.6 is 0 Å². The minimum absolute atomic E-state index is 0.310. The fourth-order valence-corrected chi connectivity index (χ4v) is 2.65. The summed E-state index contributed by atoms with van der Waals surface area (Å²) in [5, 5.41) is 19.3. The molecule has 0 spiro atoms. The number of carboxylic acid groups (broad SMARTS) is 1. The average Bonchev–Trinajstić information content (AvgIpc) is 2.42. The Balaban J connectivity index is 2.00. The van der Waals surface area contributed by atoms with E-state index in [0.717, 1.165) is 11.3 Å². The predicted molar refractivity (Wildman–Crippen MR) is 72.9 cm³/mol. The normalized spacial score (nSPS) is 26.0. The molecule has 0 aromatic heterocycles. The van der Waals surface area contributed by atoms with Crippen molar-refractivity contribution in [1.29, 1.82) is 0 Å². The topological polar surface area (TPSA) is 76.0 Å². The van der Waals surface area contributed by atoms with E-state index in [4.69, 9.17) is 14.6 Å². The third kappa shape index (κ3) is 3.42. The molecule has 1 saturated carbocycles. The summed E-state index contributed by atoms with van der Waals surface area (Å²) in [6.45, 7) is 2.53. The highest BCUT2D eigenvalue weighted by Gasteiger charge is 2.36. The molecule has 0 aliphatic heterocycles. The Morgan fingerprint density at radius 3 is 2.40 bits per heavy atom. The molecule has 20 heavy (non-hydrogen) atoms. The molecule has 1 fully saturated rings. The quantitative estimate of drug-likeness (QED) is 0.829. The molecule has 5 nitrogen and oxygen atoms in total. The van der Waals surface area contributed by atoms with Gasteiger partial charge in [0.1, 0.15) is 11.9 Å². The van der Waals surface area contributed by atoms with E-state index >= 15 is 0 Å². The van der Waals surface area contributed by atoms with Gasteiger partial charge in [-0.2, -0.15) is 0 Å². The SMILES string of the molecule is CCOc1ccc(C2(O)CCC(OC(=O)O)CC2)cc1. The van der Waals surface area contributed by atoms with E-state index in [1.54, 1.807) is 0 Å². The summed E-state index contributed by atoms with van der Waals surface area (Å²) < 4.78 is 10.1. The number of ether oxygens (including phenoxy) is 2. The van der Waals surface area contributed by atoms with Crippen LogP contribution < -0.4 is 4.74 Å². The Kier molecular flexibility index (Phi) is 4.49. The number of carbonyl (C=O) groups is 1. The van der Waals surface area contributed by atoms with Gasteiger partial charge in [-0.25, -0.2) is 4.79 Å². The third-order valence-corrected chi connectivity index (χ3v) is 3.73. The predicted octanol–water partition coefficient (Wildman–Crippen LogP) is 2.91. The summed E-state index contributed by atoms with van der Waals surface area (Å²) in [6.07, 6.45) is 0.515. The van der Waals surface area contributed by atoms with Gasteiger partial charge in [-0.3, -0.25) is 0 Å². The Labute approximate surface area is 118 Å². The highest BCUT2D eigenvalue weighted by Crippen LogP contribution is 2.38. The van der Waals surface area contributed by atoms with Gasteiger partial charge >= 0.3 is 6.16 Å². The number of hydrogen-bond donors (Lipinski definition) is 2. The van der Waals surface area contributed by atoms with Crippen molar-refractivity contribution in [3.05, 3.63) is 29.8 Å². The first-order valence-corrected chi connectivity index (χ1v) is 6.89. The van der Waals surface area contributed by atoms with E-state index in [0.29, 0.717) is 32.3 Å². The molecular formula is C15H20O5. The van der Waals surface area contributed by atoms with E-state index in [1.807, 2.05) is 31.2 Å². The van der Waals surface area contributed by atoms with Gasteiger partial charge in [0, 0.05) is 0 Å². The molecule has 1 aliphatic carbocycles. The lowest BCUT2D eigenvalue weighted by atomic mass is 9.78. The lowest BCUT2D eigenvalue weighted by Crippen LogP contribution is -2.35. The molecular weight excluding hydrogens is 260 g/mol. The highest BCUT2D eigenvalue weighted by atomic mass is 16.7. The van der Waals surface area contributed by atoms with Crippen LogP contribution in [0.1, 0.15) is 38.2 Å². The molecule has 1 aromatic carbocycles. The molecule has 0 atom stereocenters. The lowest BCUT2D eigenvalue weighted by Gasteiger charge is -2.35. The maximum absolute atomic E-state index is 10.7. The van der Waals surface area contributed by atoms with Crippen molar-refractivity contribution in [2.75, 3.05) is 6.61 Å². The van der Waals surface area contributed by atoms with Crippen molar-refractivity contribution in [3.8, 4) is 5.75 Å². The summed E-state index contributed by atoms with van der Waals surface area (Å²) in [7, 11) is 0. The first-order chi connectivity index (χ1) is 9.53. The van der Waals surface area contributed by atoms with Crippen LogP contribution in [-0.2, 0) is 10.3 Å². The van der Waals surface area contributed by atoms with Gasteiger partial charge in [0.05, 0.1) is 12.2 Å². The standard InChI is InChI=1S/C15H20O5/c1-2-19-12-5-3-11(4-6-12)15(18)9-7-13(8-10-15)20-14(16)17/h3-6,13,18H,2,7-10H2,1H3,(H,16,17). The smallest absolute Gasteiger partial charge is 0.494 e. The molecule has 0 saturated heterocycles. The van der Waals surface area contributed by atoms with Crippen LogP contribution in [0.5, 0.6) is 5.75 Å². The van der Waals surface area contributed by atoms with Crippen LogP contribution in [0.15, 0.2) is 24.3 Å². The van der Waals surface area contributed by atoms with Gasteiger partial charge < -0.3 is 19.7 Å². The van der Waals surface area contributed by atoms with Gasteiger partial charge in [0.25, 0.3) is 0 Å². The summed E-state index contributed by atoms with van der Waals surface area (Å²) in [4.78, 5) is 10.5. The molecule has 0 unspecified atom stereocenters. The molecule has 0 heterocycles. The second-order valence-corrected chi connectivity index (χ2v) is 5.07. The van der Waals surface area contributed by atoms with Gasteiger partial charge in [-0.1, -0.05) is 12.1 Å². The molecule has 0 radical (unpaired) electrons. The molecule has 2 N–H and O–H groups in total.